The molecule has 2 heterocycles. The van der Waals surface area contributed by atoms with Crippen molar-refractivity contribution in [1.82, 2.24) is 4.98 Å². The smallest absolute Gasteiger partial charge is 0.250 e. The maximum atomic E-state index is 11.4. The van der Waals surface area contributed by atoms with Gasteiger partial charge in [0, 0.05) is 12.1 Å². The minimum Gasteiger partial charge on any atom is -0.493 e. The first-order valence-corrected chi connectivity index (χ1v) is 6.68. The van der Waals surface area contributed by atoms with Crippen LogP contribution >= 0.6 is 0 Å². The lowest BCUT2D eigenvalue weighted by molar-refractivity contribution is 0.0998. The van der Waals surface area contributed by atoms with E-state index in [-0.39, 0.29) is 0 Å². The third-order valence-corrected chi connectivity index (χ3v) is 3.59. The van der Waals surface area contributed by atoms with Crippen LogP contribution in [0.2, 0.25) is 0 Å². The summed E-state index contributed by atoms with van der Waals surface area (Å²) in [7, 11) is 0. The van der Waals surface area contributed by atoms with Crippen LogP contribution in [0.25, 0.3) is 0 Å². The highest BCUT2D eigenvalue weighted by atomic mass is 16.5. The second-order valence-electron chi connectivity index (χ2n) is 5.05. The average Bonchev–Trinajstić information content (AvgIpc) is 2.47. The molecule has 0 saturated heterocycles. The van der Waals surface area contributed by atoms with Crippen molar-refractivity contribution < 1.29 is 9.53 Å². The molecule has 4 heteroatoms. The standard InChI is InChI=1S/C16H16N2O2/c17-16(19)13-5-3-7-18-14(13)9-11-8-12-4-1-2-6-15(12)20-10-11/h1-7,11H,8-10H2,(H2,17,19)/t11-/m1/s1. The lowest BCUT2D eigenvalue weighted by Gasteiger charge is -2.25. The summed E-state index contributed by atoms with van der Waals surface area (Å²) in [6, 6.07) is 11.5. The number of benzene rings is 1. The maximum Gasteiger partial charge on any atom is 0.250 e. The van der Waals surface area contributed by atoms with Gasteiger partial charge < -0.3 is 10.5 Å². The number of carbonyl (C=O) groups is 1. The minimum atomic E-state index is -0.426. The quantitative estimate of drug-likeness (QED) is 0.925. The van der Waals surface area contributed by atoms with Crippen LogP contribution in [0.3, 0.4) is 0 Å². The first-order valence-electron chi connectivity index (χ1n) is 6.68. The highest BCUT2D eigenvalue weighted by molar-refractivity contribution is 5.93. The Hall–Kier alpha value is -2.36. The number of fused-ring (bicyclic) bond motifs is 1. The summed E-state index contributed by atoms with van der Waals surface area (Å²) >= 11 is 0. The molecule has 0 fully saturated rings. The number of pyridine rings is 1. The molecule has 3 rings (SSSR count). The minimum absolute atomic E-state index is 0.317. The first kappa shape index (κ1) is 12.7. The van der Waals surface area contributed by atoms with E-state index in [0.717, 1.165) is 17.9 Å². The fourth-order valence-electron chi connectivity index (χ4n) is 2.62. The lowest BCUT2D eigenvalue weighted by Crippen LogP contribution is -2.25. The molecule has 2 aromatic rings. The van der Waals surface area contributed by atoms with Crippen molar-refractivity contribution in [1.29, 1.82) is 0 Å². The van der Waals surface area contributed by atoms with E-state index in [2.05, 4.69) is 11.1 Å². The number of nitrogens with two attached hydrogens (primary N) is 1. The van der Waals surface area contributed by atoms with Crippen molar-refractivity contribution in [3.63, 3.8) is 0 Å². The molecule has 1 aliphatic heterocycles. The summed E-state index contributed by atoms with van der Waals surface area (Å²) in [6.07, 6.45) is 3.33. The number of primary amides is 1. The monoisotopic (exact) mass is 268 g/mol. The third-order valence-electron chi connectivity index (χ3n) is 3.59. The van der Waals surface area contributed by atoms with Crippen LogP contribution in [-0.4, -0.2) is 17.5 Å². The van der Waals surface area contributed by atoms with Crippen molar-refractivity contribution in [3.05, 3.63) is 59.4 Å². The Morgan fingerprint density at radius 1 is 1.30 bits per heavy atom. The van der Waals surface area contributed by atoms with E-state index in [1.807, 2.05) is 18.2 Å². The highest BCUT2D eigenvalue weighted by Gasteiger charge is 2.22. The van der Waals surface area contributed by atoms with Crippen LogP contribution < -0.4 is 10.5 Å². The number of para-hydroxylation sites is 1. The molecule has 1 aromatic heterocycles. The van der Waals surface area contributed by atoms with Gasteiger partial charge in [-0.3, -0.25) is 9.78 Å². The molecule has 2 N–H and O–H groups in total. The summed E-state index contributed by atoms with van der Waals surface area (Å²) in [6.45, 7) is 0.645. The van der Waals surface area contributed by atoms with Crippen LogP contribution in [0.4, 0.5) is 0 Å². The van der Waals surface area contributed by atoms with Gasteiger partial charge in [-0.15, -0.1) is 0 Å². The molecule has 1 aromatic carbocycles. The number of nitrogens with zero attached hydrogens (tertiary/aromatic N) is 1. The van der Waals surface area contributed by atoms with Gasteiger partial charge >= 0.3 is 0 Å². The SMILES string of the molecule is NC(=O)c1cccnc1C[C@@H]1COc2ccccc2C1. The molecule has 102 valence electrons. The average molecular weight is 268 g/mol. The van der Waals surface area contributed by atoms with Gasteiger partial charge in [-0.2, -0.15) is 0 Å². The number of amides is 1. The van der Waals surface area contributed by atoms with Gasteiger partial charge in [0.1, 0.15) is 5.75 Å². The van der Waals surface area contributed by atoms with Gasteiger partial charge in [-0.1, -0.05) is 18.2 Å². The van der Waals surface area contributed by atoms with Crippen molar-refractivity contribution in [2.75, 3.05) is 6.61 Å². The number of rotatable bonds is 3. The van der Waals surface area contributed by atoms with Crippen molar-refractivity contribution >= 4 is 5.91 Å². The second kappa shape index (κ2) is 5.33. The summed E-state index contributed by atoms with van der Waals surface area (Å²) in [5, 5.41) is 0. The van der Waals surface area contributed by atoms with Gasteiger partial charge in [0.15, 0.2) is 0 Å². The van der Waals surface area contributed by atoms with Gasteiger partial charge in [0.2, 0.25) is 0 Å². The molecule has 1 amide bonds. The van der Waals surface area contributed by atoms with Crippen molar-refractivity contribution in [3.8, 4) is 5.75 Å². The summed E-state index contributed by atoms with van der Waals surface area (Å²) in [4.78, 5) is 15.7. The van der Waals surface area contributed by atoms with Crippen LogP contribution in [0.1, 0.15) is 21.6 Å². The van der Waals surface area contributed by atoms with Gasteiger partial charge in [0.25, 0.3) is 5.91 Å². The molecule has 0 spiro atoms. The molecule has 0 radical (unpaired) electrons. The molecule has 0 unspecified atom stereocenters. The second-order valence-corrected chi connectivity index (χ2v) is 5.05. The summed E-state index contributed by atoms with van der Waals surface area (Å²) in [5.74, 6) is 0.850. The van der Waals surface area contributed by atoms with Crippen LogP contribution in [0.5, 0.6) is 5.75 Å². The molecule has 0 aliphatic carbocycles. The topological polar surface area (TPSA) is 65.2 Å². The van der Waals surface area contributed by atoms with Crippen molar-refractivity contribution in [2.45, 2.75) is 12.8 Å². The Morgan fingerprint density at radius 3 is 3.00 bits per heavy atom. The predicted octanol–water partition coefficient (Wildman–Crippen LogP) is 1.97. The first-order chi connectivity index (χ1) is 9.74. The molecule has 4 nitrogen and oxygen atoms in total. The molecule has 20 heavy (non-hydrogen) atoms. The van der Waals surface area contributed by atoms with E-state index in [1.165, 1.54) is 5.56 Å². The largest absolute Gasteiger partial charge is 0.493 e. The molecule has 1 atom stereocenters. The Bertz CT molecular complexity index is 640. The van der Waals surface area contributed by atoms with E-state index in [4.69, 9.17) is 10.5 Å². The normalized spacial score (nSPS) is 17.1. The Labute approximate surface area is 117 Å². The lowest BCUT2D eigenvalue weighted by atomic mass is 9.91. The Balaban J connectivity index is 1.79. The van der Waals surface area contributed by atoms with Crippen molar-refractivity contribution in [2.24, 2.45) is 11.7 Å². The Kier molecular flexibility index (Phi) is 3.37. The molecule has 1 aliphatic rings. The number of hydrogen-bond acceptors (Lipinski definition) is 3. The van der Waals surface area contributed by atoms with E-state index < -0.39 is 5.91 Å². The fraction of sp³-hybridized carbons (Fsp3) is 0.250. The fourth-order valence-corrected chi connectivity index (χ4v) is 2.62. The van der Waals surface area contributed by atoms with Gasteiger partial charge in [-0.25, -0.2) is 0 Å². The maximum absolute atomic E-state index is 11.4. The van der Waals surface area contributed by atoms with E-state index in [9.17, 15) is 4.79 Å². The molecular weight excluding hydrogens is 252 g/mol. The summed E-state index contributed by atoms with van der Waals surface area (Å²) < 4.78 is 5.76. The number of hydrogen-bond donors (Lipinski definition) is 1. The summed E-state index contributed by atoms with van der Waals surface area (Å²) in [5.41, 5.74) is 7.86. The molecule has 0 bridgehead atoms. The Morgan fingerprint density at radius 2 is 2.15 bits per heavy atom. The third kappa shape index (κ3) is 2.50. The zero-order valence-electron chi connectivity index (χ0n) is 11.1. The van der Waals surface area contributed by atoms with E-state index in [1.54, 1.807) is 18.3 Å². The number of ether oxygens (including phenoxy) is 1. The van der Waals surface area contributed by atoms with Crippen LogP contribution in [0.15, 0.2) is 42.6 Å². The van der Waals surface area contributed by atoms with Crippen LogP contribution in [0, 0.1) is 5.92 Å². The highest BCUT2D eigenvalue weighted by Crippen LogP contribution is 2.28. The zero-order valence-corrected chi connectivity index (χ0v) is 11.1. The molecular formula is C16H16N2O2. The zero-order chi connectivity index (χ0) is 13.9. The van der Waals surface area contributed by atoms with Gasteiger partial charge in [0.05, 0.1) is 17.9 Å². The van der Waals surface area contributed by atoms with E-state index >= 15 is 0 Å². The predicted molar refractivity (Wildman–Crippen MR) is 75.6 cm³/mol. The van der Waals surface area contributed by atoms with E-state index in [0.29, 0.717) is 24.5 Å². The molecule has 0 saturated carbocycles. The number of aromatic nitrogens is 1. The van der Waals surface area contributed by atoms with Crippen LogP contribution in [-0.2, 0) is 12.8 Å². The number of carbonyl (C=O) groups excluding carboxylic acids is 1. The van der Waals surface area contributed by atoms with Gasteiger partial charge in [-0.05, 0) is 36.6 Å².